The second kappa shape index (κ2) is 21.9. The minimum atomic E-state index is -1.46. The van der Waals surface area contributed by atoms with Crippen molar-refractivity contribution in [3.63, 3.8) is 0 Å². The molecule has 0 radical (unpaired) electrons. The number of urea groups is 1. The summed E-state index contributed by atoms with van der Waals surface area (Å²) in [6, 6.07) is -1.08. The molecule has 0 saturated carbocycles. The maximum atomic E-state index is 13.2. The molecule has 0 aromatic carbocycles. The Hall–Kier alpha value is -5.83. The van der Waals surface area contributed by atoms with Gasteiger partial charge in [0.25, 0.3) is 0 Å². The van der Waals surface area contributed by atoms with Gasteiger partial charge < -0.3 is 53.2 Å². The molecule has 0 aliphatic carbocycles. The minimum absolute atomic E-state index is 0.172. The van der Waals surface area contributed by atoms with E-state index in [0.29, 0.717) is 12.8 Å². The number of rotatable bonds is 4. The molecule has 22 nitrogen and oxygen atoms in total. The van der Waals surface area contributed by atoms with Crippen LogP contribution in [0.25, 0.3) is 0 Å². The predicted octanol–water partition coefficient (Wildman–Crippen LogP) is -6.79. The van der Waals surface area contributed by atoms with Crippen molar-refractivity contribution in [2.24, 2.45) is 0 Å². The molecule has 1 fully saturated rings. The molecule has 0 aromatic heterocycles. The summed E-state index contributed by atoms with van der Waals surface area (Å²) < 4.78 is 0. The highest BCUT2D eigenvalue weighted by atomic mass is 16.2. The molecular weight excluding hydrogens is 654 g/mol. The van der Waals surface area contributed by atoms with Gasteiger partial charge in [0.15, 0.2) is 0 Å². The zero-order valence-corrected chi connectivity index (χ0v) is 27.2. The van der Waals surface area contributed by atoms with E-state index >= 15 is 0 Å². The van der Waals surface area contributed by atoms with Crippen LogP contribution in [0.3, 0.4) is 0 Å². The first kappa shape index (κ1) is 41.2. The molecule has 1 heterocycles. The third-order valence-corrected chi connectivity index (χ3v) is 6.36. The van der Waals surface area contributed by atoms with Crippen LogP contribution in [0.4, 0.5) is 4.79 Å². The average molecular weight is 698 g/mol. The van der Waals surface area contributed by atoms with Crippen LogP contribution in [0, 0.1) is 0 Å². The zero-order chi connectivity index (χ0) is 36.8. The molecule has 0 spiro atoms. The van der Waals surface area contributed by atoms with E-state index in [1.54, 1.807) is 13.8 Å². The summed E-state index contributed by atoms with van der Waals surface area (Å²) in [7, 11) is 0. The van der Waals surface area contributed by atoms with Gasteiger partial charge in [0.05, 0.1) is 58.9 Å². The number of hydrogen-bond acceptors (Lipinski definition) is 11. The molecule has 1 aliphatic rings. The molecule has 49 heavy (non-hydrogen) atoms. The van der Waals surface area contributed by atoms with Gasteiger partial charge in [-0.15, -0.1) is 0 Å². The van der Waals surface area contributed by atoms with E-state index < -0.39 is 130 Å². The lowest BCUT2D eigenvalue weighted by Gasteiger charge is -2.33. The maximum absolute atomic E-state index is 13.2. The van der Waals surface area contributed by atoms with E-state index in [1.807, 2.05) is 5.32 Å². The first-order valence-corrected chi connectivity index (χ1v) is 15.2. The van der Waals surface area contributed by atoms with Gasteiger partial charge >= 0.3 is 6.03 Å². The third kappa shape index (κ3) is 17.6. The van der Waals surface area contributed by atoms with Crippen molar-refractivity contribution in [2.45, 2.75) is 45.1 Å². The quantitative estimate of drug-likeness (QED) is 0.131. The van der Waals surface area contributed by atoms with E-state index in [0.717, 1.165) is 0 Å². The molecular formula is C27H43N11O11. The first-order chi connectivity index (χ1) is 23.2. The lowest BCUT2D eigenvalue weighted by molar-refractivity contribution is -0.135. The Balaban J connectivity index is 2.91. The Morgan fingerprint density at radius 2 is 0.673 bits per heavy atom. The molecule has 12 amide bonds. The van der Waals surface area contributed by atoms with Crippen molar-refractivity contribution in [1.82, 2.24) is 58.5 Å². The summed E-state index contributed by atoms with van der Waals surface area (Å²) in [4.78, 5) is 134. The first-order valence-electron chi connectivity index (χ1n) is 15.2. The lowest BCUT2D eigenvalue weighted by atomic mass is 9.87. The fraction of sp³-hybridized carbons (Fsp3) is 0.593. The number of carbonyl (C=O) groups excluding carboxylic acids is 11. The zero-order valence-electron chi connectivity index (χ0n) is 27.2. The Kier molecular flexibility index (Phi) is 18.4. The molecule has 272 valence electrons. The maximum Gasteiger partial charge on any atom is 0.321 e. The van der Waals surface area contributed by atoms with Gasteiger partial charge in [-0.3, -0.25) is 53.3 Å². The van der Waals surface area contributed by atoms with Crippen LogP contribution in [-0.4, -0.2) is 130 Å². The van der Waals surface area contributed by atoms with E-state index in [1.165, 1.54) is 0 Å². The highest BCUT2D eigenvalue weighted by Crippen LogP contribution is 2.20. The van der Waals surface area contributed by atoms with Crippen molar-refractivity contribution >= 4 is 65.1 Å². The number of nitrogens with one attached hydrogen (secondary N) is 11. The summed E-state index contributed by atoms with van der Waals surface area (Å²) in [5, 5.41) is 24.5. The van der Waals surface area contributed by atoms with Crippen molar-refractivity contribution < 1.29 is 52.7 Å². The molecule has 1 saturated heterocycles. The molecule has 0 unspecified atom stereocenters. The molecule has 0 atom stereocenters. The third-order valence-electron chi connectivity index (χ3n) is 6.36. The molecule has 22 heteroatoms. The number of amides is 12. The van der Waals surface area contributed by atoms with Gasteiger partial charge in [-0.1, -0.05) is 26.7 Å². The van der Waals surface area contributed by atoms with Crippen LogP contribution in [0.15, 0.2) is 0 Å². The SMILES string of the molecule is CCCC1(CCC)NC(=O)CNC(=O)NC(=O)CNC(=O)CNC(=O)CNC(=O)CNC(=O)CNC(=O)CNC(=O)CNC(=O)CNC1=O. The largest absolute Gasteiger partial charge is 0.346 e. The van der Waals surface area contributed by atoms with Crippen LogP contribution in [0.5, 0.6) is 0 Å². The topological polar surface area (TPSA) is 320 Å². The van der Waals surface area contributed by atoms with Crippen LogP contribution < -0.4 is 58.5 Å². The second-order valence-electron chi connectivity index (χ2n) is 10.5. The van der Waals surface area contributed by atoms with Crippen LogP contribution >= 0.6 is 0 Å². The summed E-state index contributed by atoms with van der Waals surface area (Å²) >= 11 is 0. The van der Waals surface area contributed by atoms with Crippen molar-refractivity contribution in [3.05, 3.63) is 0 Å². The van der Waals surface area contributed by atoms with Crippen molar-refractivity contribution in [2.75, 3.05) is 58.9 Å². The normalized spacial score (nSPS) is 19.6. The van der Waals surface area contributed by atoms with Gasteiger partial charge in [-0.25, -0.2) is 4.79 Å². The van der Waals surface area contributed by atoms with E-state index in [2.05, 4.69) is 53.2 Å². The summed E-state index contributed by atoms with van der Waals surface area (Å²) in [5.41, 5.74) is -1.46. The number of carbonyl (C=O) groups is 11. The number of hydrogen-bond donors (Lipinski definition) is 11. The van der Waals surface area contributed by atoms with Gasteiger partial charge in [0.1, 0.15) is 5.54 Å². The van der Waals surface area contributed by atoms with Crippen LogP contribution in [0.2, 0.25) is 0 Å². The average Bonchev–Trinajstić information content (AvgIpc) is 3.06. The Labute approximate surface area is 280 Å². The number of imide groups is 1. The summed E-state index contributed by atoms with van der Waals surface area (Å²) in [5.74, 6) is -7.84. The summed E-state index contributed by atoms with van der Waals surface area (Å²) in [6.07, 6.45) is 1.25. The van der Waals surface area contributed by atoms with E-state index in [4.69, 9.17) is 0 Å². The molecule has 0 aromatic rings. The predicted molar refractivity (Wildman–Crippen MR) is 166 cm³/mol. The Morgan fingerprint density at radius 3 is 1.00 bits per heavy atom. The van der Waals surface area contributed by atoms with Crippen molar-refractivity contribution in [1.29, 1.82) is 0 Å². The smallest absolute Gasteiger partial charge is 0.321 e. The van der Waals surface area contributed by atoms with Gasteiger partial charge in [0.2, 0.25) is 59.1 Å². The highest BCUT2D eigenvalue weighted by molar-refractivity contribution is 5.99. The van der Waals surface area contributed by atoms with Crippen LogP contribution in [-0.2, 0) is 47.9 Å². The van der Waals surface area contributed by atoms with E-state index in [-0.39, 0.29) is 12.8 Å². The highest BCUT2D eigenvalue weighted by Gasteiger charge is 2.38. The van der Waals surface area contributed by atoms with Crippen LogP contribution in [0.1, 0.15) is 39.5 Å². The molecule has 1 rings (SSSR count). The molecule has 0 bridgehead atoms. The second-order valence-corrected chi connectivity index (χ2v) is 10.5. The fourth-order valence-corrected chi connectivity index (χ4v) is 4.09. The monoisotopic (exact) mass is 697 g/mol. The summed E-state index contributed by atoms with van der Waals surface area (Å²) in [6.45, 7) is -1.67. The van der Waals surface area contributed by atoms with Gasteiger partial charge in [0, 0.05) is 0 Å². The standard InChI is InChI=1S/C27H43N11O11/c1-3-5-27(6-4-2)25(48)35-13-22(45)33-11-20(43)31-9-18(41)29-7-16(39)28-8-17(40)30-10-19(42)32-12-21(44)34-14-23(46)37-26(49)36-15-24(47)38-27/h3-15H2,1-2H3,(H,28,39)(H,29,41)(H,30,40)(H,31,43)(H,32,42)(H,33,45)(H,34,44)(H,35,48)(H,38,47)(H2,36,37,46,49). The molecule has 11 N–H and O–H groups in total. The Bertz CT molecular complexity index is 1280. The van der Waals surface area contributed by atoms with E-state index in [9.17, 15) is 52.7 Å². The van der Waals surface area contributed by atoms with Crippen molar-refractivity contribution in [3.8, 4) is 0 Å². The van der Waals surface area contributed by atoms with Gasteiger partial charge in [-0.05, 0) is 12.8 Å². The molecule has 1 aliphatic heterocycles. The minimum Gasteiger partial charge on any atom is -0.346 e. The Morgan fingerprint density at radius 1 is 0.388 bits per heavy atom. The fourth-order valence-electron chi connectivity index (χ4n) is 4.09. The lowest BCUT2D eigenvalue weighted by Crippen LogP contribution is -2.61. The van der Waals surface area contributed by atoms with Gasteiger partial charge in [-0.2, -0.15) is 0 Å².